The number of hydrogen-bond donors (Lipinski definition) is 2. The quantitative estimate of drug-likeness (QED) is 0.878. The number of nitrogens with one attached hydrogen (secondary N) is 1. The van der Waals surface area contributed by atoms with Crippen molar-refractivity contribution in [3.05, 3.63) is 34.3 Å². The Labute approximate surface area is 117 Å². The molecule has 0 heterocycles. The Bertz CT molecular complexity index is 389. The third-order valence-electron chi connectivity index (χ3n) is 3.02. The fourth-order valence-corrected chi connectivity index (χ4v) is 1.85. The van der Waals surface area contributed by atoms with Gasteiger partial charge in [0.05, 0.1) is 6.04 Å². The van der Waals surface area contributed by atoms with Gasteiger partial charge in [-0.2, -0.15) is 0 Å². The number of nitrogens with two attached hydrogens (primary N) is 1. The van der Waals surface area contributed by atoms with Gasteiger partial charge in [0, 0.05) is 16.9 Å². The van der Waals surface area contributed by atoms with Crippen LogP contribution in [0.15, 0.2) is 28.7 Å². The third-order valence-corrected chi connectivity index (χ3v) is 3.55. The van der Waals surface area contributed by atoms with Crippen LogP contribution < -0.4 is 11.1 Å². The van der Waals surface area contributed by atoms with Crippen LogP contribution in [0, 0.1) is 5.92 Å². The van der Waals surface area contributed by atoms with E-state index in [-0.39, 0.29) is 18.0 Å². The Morgan fingerprint density at radius 2 is 1.83 bits per heavy atom. The van der Waals surface area contributed by atoms with E-state index in [1.54, 1.807) is 0 Å². The molecule has 100 valence electrons. The molecule has 3 N–H and O–H groups in total. The van der Waals surface area contributed by atoms with Crippen molar-refractivity contribution in [1.82, 2.24) is 5.32 Å². The molecule has 0 aliphatic carbocycles. The van der Waals surface area contributed by atoms with E-state index in [4.69, 9.17) is 5.73 Å². The first-order valence-corrected chi connectivity index (χ1v) is 7.00. The Kier molecular flexibility index (Phi) is 5.82. The molecule has 4 heteroatoms. The molecule has 0 aliphatic heterocycles. The van der Waals surface area contributed by atoms with Crippen LogP contribution in [0.5, 0.6) is 0 Å². The van der Waals surface area contributed by atoms with E-state index in [1.165, 1.54) is 0 Å². The Balaban J connectivity index is 2.51. The fourth-order valence-electron chi connectivity index (χ4n) is 1.58. The summed E-state index contributed by atoms with van der Waals surface area (Å²) in [6.07, 6.45) is 0.374. The van der Waals surface area contributed by atoms with Crippen molar-refractivity contribution < 1.29 is 4.79 Å². The molecular formula is C14H21BrN2O. The highest BCUT2D eigenvalue weighted by Gasteiger charge is 2.15. The molecule has 2 atom stereocenters. The minimum atomic E-state index is -0.0814. The van der Waals surface area contributed by atoms with E-state index in [2.05, 4.69) is 21.2 Å². The third kappa shape index (κ3) is 4.78. The molecule has 0 radical (unpaired) electrons. The van der Waals surface area contributed by atoms with E-state index >= 15 is 0 Å². The van der Waals surface area contributed by atoms with Crippen molar-refractivity contribution in [1.29, 1.82) is 0 Å². The van der Waals surface area contributed by atoms with Crippen molar-refractivity contribution in [3.8, 4) is 0 Å². The zero-order chi connectivity index (χ0) is 13.7. The number of amides is 1. The molecule has 0 saturated carbocycles. The number of rotatable bonds is 5. The maximum Gasteiger partial charge on any atom is 0.222 e. The minimum absolute atomic E-state index is 0.00459. The largest absolute Gasteiger partial charge is 0.350 e. The molecule has 2 unspecified atom stereocenters. The summed E-state index contributed by atoms with van der Waals surface area (Å²) >= 11 is 3.39. The van der Waals surface area contributed by atoms with Crippen LogP contribution in [0.1, 0.15) is 38.8 Å². The van der Waals surface area contributed by atoms with E-state index in [0.717, 1.165) is 10.0 Å². The summed E-state index contributed by atoms with van der Waals surface area (Å²) in [5.41, 5.74) is 6.97. The molecule has 0 spiro atoms. The molecule has 0 aliphatic rings. The molecule has 0 fully saturated rings. The second-order valence-corrected chi connectivity index (χ2v) is 5.87. The average molecular weight is 313 g/mol. The molecule has 18 heavy (non-hydrogen) atoms. The van der Waals surface area contributed by atoms with Crippen LogP contribution in [0.4, 0.5) is 0 Å². The number of carbonyl (C=O) groups excluding carboxylic acids is 1. The van der Waals surface area contributed by atoms with Gasteiger partial charge in [-0.1, -0.05) is 41.9 Å². The van der Waals surface area contributed by atoms with E-state index in [0.29, 0.717) is 12.3 Å². The molecule has 1 amide bonds. The molecule has 0 bridgehead atoms. The fraction of sp³-hybridized carbons (Fsp3) is 0.500. The van der Waals surface area contributed by atoms with Crippen molar-refractivity contribution >= 4 is 21.8 Å². The second-order valence-electron chi connectivity index (χ2n) is 4.95. The minimum Gasteiger partial charge on any atom is -0.350 e. The highest BCUT2D eigenvalue weighted by molar-refractivity contribution is 9.10. The van der Waals surface area contributed by atoms with Crippen LogP contribution in [-0.4, -0.2) is 11.9 Å². The maximum atomic E-state index is 11.8. The normalized spacial score (nSPS) is 14.3. The lowest BCUT2D eigenvalue weighted by Gasteiger charge is -2.18. The van der Waals surface area contributed by atoms with Gasteiger partial charge in [0.2, 0.25) is 5.91 Å². The summed E-state index contributed by atoms with van der Waals surface area (Å²) in [5, 5.41) is 2.97. The smallest absolute Gasteiger partial charge is 0.222 e. The standard InChI is InChI=1S/C14H21BrN2O/c1-9(2)13(16)8-14(18)17-10(3)11-4-6-12(15)7-5-11/h4-7,9-10,13H,8,16H2,1-3H3,(H,17,18). The van der Waals surface area contributed by atoms with Gasteiger partial charge >= 0.3 is 0 Å². The Hall–Kier alpha value is -0.870. The molecular weight excluding hydrogens is 292 g/mol. The second kappa shape index (κ2) is 6.90. The van der Waals surface area contributed by atoms with Crippen LogP contribution in [-0.2, 0) is 4.79 Å². The van der Waals surface area contributed by atoms with Gasteiger partial charge in [-0.05, 0) is 30.5 Å². The van der Waals surface area contributed by atoms with Crippen LogP contribution in [0.25, 0.3) is 0 Å². The summed E-state index contributed by atoms with van der Waals surface area (Å²) in [5.74, 6) is 0.324. The summed E-state index contributed by atoms with van der Waals surface area (Å²) in [4.78, 5) is 11.8. The zero-order valence-electron chi connectivity index (χ0n) is 11.1. The predicted molar refractivity (Wildman–Crippen MR) is 78.1 cm³/mol. The highest BCUT2D eigenvalue weighted by Crippen LogP contribution is 2.16. The van der Waals surface area contributed by atoms with Crippen molar-refractivity contribution in [3.63, 3.8) is 0 Å². The lowest BCUT2D eigenvalue weighted by Crippen LogP contribution is -2.35. The van der Waals surface area contributed by atoms with Crippen molar-refractivity contribution in [2.75, 3.05) is 0 Å². The van der Waals surface area contributed by atoms with Gasteiger partial charge < -0.3 is 11.1 Å². The summed E-state index contributed by atoms with van der Waals surface area (Å²) in [7, 11) is 0. The number of halogens is 1. The lowest BCUT2D eigenvalue weighted by atomic mass is 10.0. The van der Waals surface area contributed by atoms with Crippen LogP contribution in [0.3, 0.4) is 0 Å². The van der Waals surface area contributed by atoms with Crippen LogP contribution >= 0.6 is 15.9 Å². The summed E-state index contributed by atoms with van der Waals surface area (Å²) < 4.78 is 1.03. The summed E-state index contributed by atoms with van der Waals surface area (Å²) in [6.45, 7) is 6.02. The van der Waals surface area contributed by atoms with Crippen LogP contribution in [0.2, 0.25) is 0 Å². The van der Waals surface area contributed by atoms with Crippen molar-refractivity contribution in [2.45, 2.75) is 39.3 Å². The van der Waals surface area contributed by atoms with Gasteiger partial charge in [-0.15, -0.1) is 0 Å². The van der Waals surface area contributed by atoms with Gasteiger partial charge in [-0.3, -0.25) is 4.79 Å². The monoisotopic (exact) mass is 312 g/mol. The first kappa shape index (κ1) is 15.2. The van der Waals surface area contributed by atoms with Gasteiger partial charge in [-0.25, -0.2) is 0 Å². The van der Waals surface area contributed by atoms with Crippen molar-refractivity contribution in [2.24, 2.45) is 11.7 Å². The Morgan fingerprint density at radius 1 is 1.28 bits per heavy atom. The SMILES string of the molecule is CC(NC(=O)CC(N)C(C)C)c1ccc(Br)cc1. The molecule has 1 aromatic rings. The van der Waals surface area contributed by atoms with Gasteiger partial charge in [0.1, 0.15) is 0 Å². The molecule has 3 nitrogen and oxygen atoms in total. The Morgan fingerprint density at radius 3 is 2.33 bits per heavy atom. The average Bonchev–Trinajstić information content (AvgIpc) is 2.29. The maximum absolute atomic E-state index is 11.8. The number of hydrogen-bond acceptors (Lipinski definition) is 2. The molecule has 1 aromatic carbocycles. The number of benzene rings is 1. The lowest BCUT2D eigenvalue weighted by molar-refractivity contribution is -0.122. The predicted octanol–water partition coefficient (Wildman–Crippen LogP) is 3.00. The first-order valence-electron chi connectivity index (χ1n) is 6.20. The zero-order valence-corrected chi connectivity index (χ0v) is 12.7. The van der Waals surface area contributed by atoms with Gasteiger partial charge in [0.15, 0.2) is 0 Å². The van der Waals surface area contributed by atoms with E-state index in [9.17, 15) is 4.79 Å². The highest BCUT2D eigenvalue weighted by atomic mass is 79.9. The topological polar surface area (TPSA) is 55.1 Å². The van der Waals surface area contributed by atoms with Gasteiger partial charge in [0.25, 0.3) is 0 Å². The number of carbonyl (C=O) groups is 1. The molecule has 0 saturated heterocycles. The van der Waals surface area contributed by atoms with E-state index < -0.39 is 0 Å². The summed E-state index contributed by atoms with van der Waals surface area (Å²) in [6, 6.07) is 7.86. The molecule has 0 aromatic heterocycles. The van der Waals surface area contributed by atoms with E-state index in [1.807, 2.05) is 45.0 Å². The molecule has 1 rings (SSSR count). The first-order chi connectivity index (χ1) is 8.40.